The normalized spacial score (nSPS) is 1.25. The Morgan fingerprint density at radius 2 is 1.25 bits per heavy atom. The zero-order valence-electron chi connectivity index (χ0n) is 0.762. The first-order valence-corrected chi connectivity index (χ1v) is 1.07. The van der Waals surface area contributed by atoms with Crippen molar-refractivity contribution in [3.05, 3.63) is 0 Å². The fraction of sp³-hybridized carbons (Fsp3) is 0. The second kappa shape index (κ2) is 16.8. The van der Waals surface area contributed by atoms with Crippen LogP contribution in [-0.4, -0.2) is 55.1 Å². The molecule has 0 aliphatic carbocycles. The Bertz CT molecular complexity index is 8.00. The van der Waals surface area contributed by atoms with E-state index in [0.717, 1.165) is 0 Å². The summed E-state index contributed by atoms with van der Waals surface area (Å²) in [6.07, 6.45) is 0. The maximum absolute atomic E-state index is 8.28. The van der Waals surface area contributed by atoms with Gasteiger partial charge in [-0.05, 0) is 0 Å². The molecule has 0 aliphatic rings. The molecule has 0 atom stereocenters. The van der Waals surface area contributed by atoms with Crippen molar-refractivity contribution >= 4 is 55.1 Å². The van der Waals surface area contributed by atoms with Gasteiger partial charge < -0.3 is 0 Å². The van der Waals surface area contributed by atoms with Crippen LogP contribution in [0.1, 0.15) is 0 Å². The summed E-state index contributed by atoms with van der Waals surface area (Å²) in [6.45, 7) is 0. The maximum atomic E-state index is 8.28. The van der Waals surface area contributed by atoms with Gasteiger partial charge in [0.25, 0.3) is 0 Å². The number of hydrogen-bond donors (Lipinski definition) is 0. The summed E-state index contributed by atoms with van der Waals surface area (Å²) in [7, 11) is 0. The molecule has 4 heteroatoms. The Morgan fingerprint density at radius 3 is 1.25 bits per heavy atom. The van der Waals surface area contributed by atoms with Gasteiger partial charge in [-0.25, -0.2) is 0 Å². The first-order valence-electron chi connectivity index (χ1n) is 0.144. The predicted octanol–water partition coefficient (Wildman–Crippen LogP) is -2.22. The molecule has 0 saturated carbocycles. The summed E-state index contributed by atoms with van der Waals surface area (Å²) in [5, 5.41) is 0. The molecule has 0 rings (SSSR count). The zero-order valence-corrected chi connectivity index (χ0v) is 3.03. The van der Waals surface area contributed by atoms with Crippen LogP contribution in [0.2, 0.25) is 0 Å². The van der Waals surface area contributed by atoms with Crippen LogP contribution in [-0.2, 0) is 1.16 Å². The van der Waals surface area contributed by atoms with Gasteiger partial charge in [-0.3, -0.25) is 0 Å². The van der Waals surface area contributed by atoms with Crippen LogP contribution in [0, 0.1) is 38.0 Å². The third-order valence-corrected chi connectivity index (χ3v) is 0. The third-order valence-electron chi connectivity index (χ3n) is 0. The molecule has 4 heavy (non-hydrogen) atoms. The second-order valence-electron chi connectivity index (χ2n) is 0. The fourth-order valence-electron chi connectivity index (χ4n) is 0. The quantitative estimate of drug-likeness (QED) is 0.442. The van der Waals surface area contributed by atoms with Gasteiger partial charge in [0.15, 0.2) is 17.4 Å². The Kier molecular flexibility index (Phi) is 66.3. The van der Waals surface area contributed by atoms with Crippen LogP contribution in [0.5, 0.6) is 0 Å². The Balaban J connectivity index is -0.00000000500. The van der Waals surface area contributed by atoms with Crippen LogP contribution in [0.15, 0.2) is 0 Å². The van der Waals surface area contributed by atoms with Gasteiger partial charge in [0.2, 0.25) is 0 Å². The van der Waals surface area contributed by atoms with Crippen molar-refractivity contribution in [2.75, 3.05) is 0 Å². The molecule has 24 valence electrons. The van der Waals surface area contributed by atoms with E-state index in [1.807, 2.05) is 0 Å². The van der Waals surface area contributed by atoms with E-state index in [1.54, 1.807) is 0 Å². The van der Waals surface area contributed by atoms with Crippen LogP contribution < -0.4 is 0 Å². The fourth-order valence-corrected chi connectivity index (χ4v) is 0. The second-order valence-corrected chi connectivity index (χ2v) is 0. The van der Waals surface area contributed by atoms with Gasteiger partial charge in [0.05, 0.1) is 0 Å². The molecule has 0 aliphatic heterocycles. The average molecular weight is 245 g/mol. The molecule has 0 saturated heterocycles. The first-order chi connectivity index (χ1) is 1.00. The summed E-state index contributed by atoms with van der Waals surface area (Å²) < 4.78 is 8.28. The number of hydrogen-bond acceptors (Lipinski definition) is 1. The molecule has 1 nitrogen and oxygen atoms in total. The van der Waals surface area contributed by atoms with Crippen molar-refractivity contribution in [3.63, 3.8) is 0 Å². The number of rotatable bonds is 0. The molecule has 0 N–H and O–H groups in total. The third kappa shape index (κ3) is 8.87. The molecule has 0 aromatic heterocycles. The summed E-state index contributed by atoms with van der Waals surface area (Å²) in [5.41, 5.74) is 0. The molecule has 0 heterocycles. The summed E-state index contributed by atoms with van der Waals surface area (Å²) >= 11 is 0.611. The molecule has 0 amide bonds. The van der Waals surface area contributed by atoms with E-state index in [9.17, 15) is 0 Å². The molecular formula is H5AlCaGdO. The monoisotopic (exact) mass is 246 g/mol. The Labute approximate surface area is 91.8 Å². The van der Waals surface area contributed by atoms with Crippen LogP contribution in [0.3, 0.4) is 0 Å². The van der Waals surface area contributed by atoms with Crippen molar-refractivity contribution in [2.45, 2.75) is 0 Å². The molecule has 0 fully saturated rings. The van der Waals surface area contributed by atoms with Crippen molar-refractivity contribution in [1.29, 1.82) is 0 Å². The van der Waals surface area contributed by atoms with Gasteiger partial charge >= 0.3 is 76.9 Å². The topological polar surface area (TPSA) is 17.1 Å². The van der Waals surface area contributed by atoms with E-state index in [0.29, 0.717) is 38.0 Å². The van der Waals surface area contributed by atoms with Crippen molar-refractivity contribution in [2.24, 2.45) is 0 Å². The standard InChI is InChI=1S/Al.Ca.Gd.O.5H. The molecule has 0 radical (unpaired) electrons. The van der Waals surface area contributed by atoms with Crippen molar-refractivity contribution < 1.29 is 39.2 Å². The van der Waals surface area contributed by atoms with Crippen LogP contribution in [0.4, 0.5) is 0 Å². The van der Waals surface area contributed by atoms with Gasteiger partial charge in [-0.15, -0.1) is 0 Å². The molecule has 0 aromatic carbocycles. The molecule has 0 unspecified atom stereocenters. The van der Waals surface area contributed by atoms with Crippen molar-refractivity contribution in [1.82, 2.24) is 0 Å². The predicted molar refractivity (Wildman–Crippen MR) is 19.2 cm³/mol. The van der Waals surface area contributed by atoms with E-state index in [1.165, 1.54) is 0 Å². The Hall–Kier alpha value is 2.92. The first kappa shape index (κ1) is 15.8. The van der Waals surface area contributed by atoms with Gasteiger partial charge in [0.1, 0.15) is 0 Å². The van der Waals surface area contributed by atoms with E-state index >= 15 is 0 Å². The van der Waals surface area contributed by atoms with E-state index in [2.05, 4.69) is 0 Å². The molecule has 0 spiro atoms. The minimum absolute atomic E-state index is 0. The van der Waals surface area contributed by atoms with Crippen LogP contribution in [0.25, 0.3) is 0 Å². The van der Waals surface area contributed by atoms with Gasteiger partial charge in [0, 0.05) is 0 Å². The van der Waals surface area contributed by atoms with E-state index < -0.39 is 0 Å². The molecule has 0 aromatic rings. The van der Waals surface area contributed by atoms with Gasteiger partial charge in [-0.2, -0.15) is 0 Å². The zero-order chi connectivity index (χ0) is 2.00. The summed E-state index contributed by atoms with van der Waals surface area (Å²) in [6, 6.07) is 0. The SMILES string of the molecule is [AlH3].[CaH2].[O]=[Gd]. The van der Waals surface area contributed by atoms with Crippen LogP contribution >= 0.6 is 0 Å². The van der Waals surface area contributed by atoms with E-state index in [4.69, 9.17) is 1.16 Å². The minimum atomic E-state index is 0. The van der Waals surface area contributed by atoms with E-state index in [-0.39, 0.29) is 55.1 Å². The summed E-state index contributed by atoms with van der Waals surface area (Å²) in [5.74, 6) is 0. The van der Waals surface area contributed by atoms with Gasteiger partial charge in [-0.1, -0.05) is 0 Å². The Morgan fingerprint density at radius 1 is 1.25 bits per heavy atom. The summed E-state index contributed by atoms with van der Waals surface area (Å²) in [4.78, 5) is 0. The molecular weight excluding hydrogens is 240 g/mol. The average Bonchev–Trinajstić information content (AvgIpc) is 1.00. The molecule has 0 bridgehead atoms. The van der Waals surface area contributed by atoms with Crippen molar-refractivity contribution in [3.8, 4) is 0 Å².